The lowest BCUT2D eigenvalue weighted by Crippen LogP contribution is -2.44. The number of nitrogens with two attached hydrogens (primary N) is 1. The number of hydrogen-bond acceptors (Lipinski definition) is 4. The molecule has 2 unspecified atom stereocenters. The highest BCUT2D eigenvalue weighted by molar-refractivity contribution is 9.10. The van der Waals surface area contributed by atoms with Crippen LogP contribution in [0.25, 0.3) is 0 Å². The summed E-state index contributed by atoms with van der Waals surface area (Å²) in [4.78, 5) is 2.39. The lowest BCUT2D eigenvalue weighted by Gasteiger charge is -2.31. The molecule has 0 aliphatic carbocycles. The van der Waals surface area contributed by atoms with E-state index in [9.17, 15) is 0 Å². The van der Waals surface area contributed by atoms with E-state index >= 15 is 0 Å². The summed E-state index contributed by atoms with van der Waals surface area (Å²) < 4.78 is 12.7. The molecule has 0 saturated carbocycles. The first-order valence-corrected chi connectivity index (χ1v) is 8.38. The quantitative estimate of drug-likeness (QED) is 0.850. The smallest absolute Gasteiger partial charge is 0.119 e. The van der Waals surface area contributed by atoms with Gasteiger partial charge in [-0.25, -0.2) is 0 Å². The molecule has 4 nitrogen and oxygen atoms in total. The molecule has 2 rings (SSSR count). The van der Waals surface area contributed by atoms with Crippen molar-refractivity contribution in [3.8, 4) is 5.75 Å². The van der Waals surface area contributed by atoms with Crippen molar-refractivity contribution in [3.63, 3.8) is 0 Å². The normalized spacial score (nSPS) is 21.2. The molecule has 0 aromatic heterocycles. The number of halogens is 1. The molecule has 118 valence electrons. The summed E-state index contributed by atoms with van der Waals surface area (Å²) in [6, 6.07) is 6.20. The minimum absolute atomic E-state index is 0.136. The van der Waals surface area contributed by atoms with Gasteiger partial charge in [-0.05, 0) is 43.7 Å². The zero-order valence-electron chi connectivity index (χ0n) is 12.8. The van der Waals surface area contributed by atoms with E-state index < -0.39 is 0 Å². The van der Waals surface area contributed by atoms with Crippen LogP contribution < -0.4 is 10.5 Å². The molecule has 1 aliphatic rings. The van der Waals surface area contributed by atoms with Gasteiger partial charge in [0.05, 0.1) is 6.61 Å². The van der Waals surface area contributed by atoms with E-state index in [0.29, 0.717) is 6.61 Å². The van der Waals surface area contributed by atoms with Crippen molar-refractivity contribution >= 4 is 15.9 Å². The van der Waals surface area contributed by atoms with E-state index in [1.54, 1.807) is 0 Å². The molecule has 21 heavy (non-hydrogen) atoms. The first kappa shape index (κ1) is 16.7. The van der Waals surface area contributed by atoms with Gasteiger partial charge in [0, 0.05) is 23.6 Å². The Hall–Kier alpha value is -0.620. The summed E-state index contributed by atoms with van der Waals surface area (Å²) in [5.41, 5.74) is 7.06. The van der Waals surface area contributed by atoms with Gasteiger partial charge in [0.25, 0.3) is 0 Å². The van der Waals surface area contributed by atoms with Gasteiger partial charge in [0.2, 0.25) is 0 Å². The molecule has 0 radical (unpaired) electrons. The second-order valence-electron chi connectivity index (χ2n) is 5.63. The summed E-state index contributed by atoms with van der Waals surface area (Å²) in [6.45, 7) is 8.60. The Morgan fingerprint density at radius 2 is 2.33 bits per heavy atom. The van der Waals surface area contributed by atoms with Gasteiger partial charge in [0.1, 0.15) is 18.5 Å². The Morgan fingerprint density at radius 3 is 3.05 bits per heavy atom. The van der Waals surface area contributed by atoms with Gasteiger partial charge >= 0.3 is 0 Å². The minimum atomic E-state index is 0.136. The molecule has 0 spiro atoms. The summed E-state index contributed by atoms with van der Waals surface area (Å²) in [6.07, 6.45) is 0.987. The standard InChI is InChI=1S/C16H25BrN2O2/c1-3-19-6-7-20-15(10-19)11-21-14-4-5-16(17)13(9-14)8-12(2)18/h4-5,9,12,15H,3,6-8,10-11,18H2,1-2H3. The predicted octanol–water partition coefficient (Wildman–Crippen LogP) is 2.44. The van der Waals surface area contributed by atoms with E-state index in [0.717, 1.165) is 42.9 Å². The van der Waals surface area contributed by atoms with Crippen LogP contribution in [0.2, 0.25) is 0 Å². The van der Waals surface area contributed by atoms with Gasteiger partial charge in [-0.2, -0.15) is 0 Å². The second kappa shape index (κ2) is 8.13. The first-order chi connectivity index (χ1) is 10.1. The number of hydrogen-bond donors (Lipinski definition) is 1. The average Bonchev–Trinajstić information content (AvgIpc) is 2.48. The van der Waals surface area contributed by atoms with Crippen LogP contribution in [-0.2, 0) is 11.2 Å². The number of morpholine rings is 1. The third kappa shape index (κ3) is 5.25. The fourth-order valence-corrected chi connectivity index (χ4v) is 2.91. The van der Waals surface area contributed by atoms with Crippen molar-refractivity contribution in [2.75, 3.05) is 32.8 Å². The van der Waals surface area contributed by atoms with Crippen LogP contribution in [0.1, 0.15) is 19.4 Å². The van der Waals surface area contributed by atoms with Gasteiger partial charge in [-0.3, -0.25) is 4.90 Å². The maximum Gasteiger partial charge on any atom is 0.119 e. The fraction of sp³-hybridized carbons (Fsp3) is 0.625. The van der Waals surface area contributed by atoms with Crippen molar-refractivity contribution in [3.05, 3.63) is 28.2 Å². The minimum Gasteiger partial charge on any atom is -0.491 e. The topological polar surface area (TPSA) is 47.7 Å². The summed E-state index contributed by atoms with van der Waals surface area (Å²) in [5, 5.41) is 0. The zero-order valence-corrected chi connectivity index (χ0v) is 14.4. The highest BCUT2D eigenvalue weighted by Crippen LogP contribution is 2.24. The summed E-state index contributed by atoms with van der Waals surface area (Å²) >= 11 is 3.56. The van der Waals surface area contributed by atoms with E-state index in [-0.39, 0.29) is 12.1 Å². The van der Waals surface area contributed by atoms with Crippen molar-refractivity contribution in [2.24, 2.45) is 5.73 Å². The van der Waals surface area contributed by atoms with E-state index in [1.807, 2.05) is 19.1 Å². The Kier molecular flexibility index (Phi) is 6.48. The van der Waals surface area contributed by atoms with Gasteiger partial charge in [0.15, 0.2) is 0 Å². The van der Waals surface area contributed by atoms with Gasteiger partial charge in [-0.1, -0.05) is 22.9 Å². The Morgan fingerprint density at radius 1 is 1.52 bits per heavy atom. The lowest BCUT2D eigenvalue weighted by molar-refractivity contribution is -0.0464. The molecule has 1 aromatic carbocycles. The average molecular weight is 357 g/mol. The van der Waals surface area contributed by atoms with Crippen LogP contribution in [0.4, 0.5) is 0 Å². The third-order valence-electron chi connectivity index (χ3n) is 3.67. The van der Waals surface area contributed by atoms with Crippen LogP contribution in [0.3, 0.4) is 0 Å². The van der Waals surface area contributed by atoms with Crippen LogP contribution in [0.15, 0.2) is 22.7 Å². The fourth-order valence-electron chi connectivity index (χ4n) is 2.50. The molecule has 1 aromatic rings. The van der Waals surface area contributed by atoms with Crippen LogP contribution >= 0.6 is 15.9 Å². The number of ether oxygens (including phenoxy) is 2. The summed E-state index contributed by atoms with van der Waals surface area (Å²) in [7, 11) is 0. The molecule has 5 heteroatoms. The Labute approximate surface area is 135 Å². The maximum absolute atomic E-state index is 5.90. The van der Waals surface area contributed by atoms with Crippen LogP contribution in [-0.4, -0.2) is 49.9 Å². The monoisotopic (exact) mass is 356 g/mol. The number of nitrogens with zero attached hydrogens (tertiary/aromatic N) is 1. The van der Waals surface area contributed by atoms with Crippen molar-refractivity contribution in [1.82, 2.24) is 4.90 Å². The molecule has 2 N–H and O–H groups in total. The lowest BCUT2D eigenvalue weighted by atomic mass is 10.1. The van der Waals surface area contributed by atoms with Crippen molar-refractivity contribution in [1.29, 1.82) is 0 Å². The number of rotatable bonds is 6. The highest BCUT2D eigenvalue weighted by Gasteiger charge is 2.19. The maximum atomic E-state index is 5.90. The SMILES string of the molecule is CCN1CCOC(COc2ccc(Br)c(CC(C)N)c2)C1. The predicted molar refractivity (Wildman–Crippen MR) is 88.8 cm³/mol. The van der Waals surface area contributed by atoms with Crippen LogP contribution in [0, 0.1) is 0 Å². The Bertz CT molecular complexity index is 454. The zero-order chi connectivity index (χ0) is 15.2. The first-order valence-electron chi connectivity index (χ1n) is 7.59. The van der Waals surface area contributed by atoms with E-state index in [4.69, 9.17) is 15.2 Å². The molecule has 1 aliphatic heterocycles. The molecule has 0 bridgehead atoms. The molecule has 1 fully saturated rings. The summed E-state index contributed by atoms with van der Waals surface area (Å²) in [5.74, 6) is 0.881. The molecule has 2 atom stereocenters. The molecule has 1 heterocycles. The van der Waals surface area contributed by atoms with Crippen molar-refractivity contribution in [2.45, 2.75) is 32.4 Å². The molecular weight excluding hydrogens is 332 g/mol. The highest BCUT2D eigenvalue weighted by atomic mass is 79.9. The van der Waals surface area contributed by atoms with Gasteiger partial charge in [-0.15, -0.1) is 0 Å². The largest absolute Gasteiger partial charge is 0.491 e. The second-order valence-corrected chi connectivity index (χ2v) is 6.49. The van der Waals surface area contributed by atoms with Crippen LogP contribution in [0.5, 0.6) is 5.75 Å². The molecular formula is C16H25BrN2O2. The third-order valence-corrected chi connectivity index (χ3v) is 4.44. The van der Waals surface area contributed by atoms with Crippen molar-refractivity contribution < 1.29 is 9.47 Å². The Balaban J connectivity index is 1.90. The van der Waals surface area contributed by atoms with E-state index in [2.05, 4.69) is 33.8 Å². The van der Waals surface area contributed by atoms with E-state index in [1.165, 1.54) is 5.56 Å². The molecule has 1 saturated heterocycles. The molecule has 0 amide bonds. The van der Waals surface area contributed by atoms with Gasteiger partial charge < -0.3 is 15.2 Å². The number of benzene rings is 1. The number of likely N-dealkylation sites (N-methyl/N-ethyl adjacent to an activating group) is 1.